The van der Waals surface area contributed by atoms with Crippen LogP contribution in [0, 0.1) is 0 Å². The molecule has 0 radical (unpaired) electrons. The SMILES string of the molecule is O=C1CC=C1c1ccc(Cl)cc1. The minimum absolute atomic E-state index is 0.220. The Bertz CT molecular complexity index is 349. The van der Waals surface area contributed by atoms with Crippen LogP contribution >= 0.6 is 11.6 Å². The summed E-state index contributed by atoms with van der Waals surface area (Å²) in [6.45, 7) is 0. The van der Waals surface area contributed by atoms with Crippen molar-refractivity contribution in [2.75, 3.05) is 0 Å². The Hall–Kier alpha value is -1.08. The van der Waals surface area contributed by atoms with E-state index in [1.165, 1.54) is 0 Å². The fraction of sp³-hybridized carbons (Fsp3) is 0.100. The Kier molecular flexibility index (Phi) is 1.74. The molecule has 1 aromatic carbocycles. The van der Waals surface area contributed by atoms with Crippen LogP contribution < -0.4 is 0 Å². The lowest BCUT2D eigenvalue weighted by molar-refractivity contribution is -0.114. The van der Waals surface area contributed by atoms with Crippen LogP contribution in [0.1, 0.15) is 12.0 Å². The van der Waals surface area contributed by atoms with Crippen LogP contribution in [-0.4, -0.2) is 5.78 Å². The number of hydrogen-bond acceptors (Lipinski definition) is 1. The molecule has 60 valence electrons. The summed E-state index contributed by atoms with van der Waals surface area (Å²) in [7, 11) is 0. The normalized spacial score (nSPS) is 15.4. The molecular formula is C10H7ClO. The summed E-state index contributed by atoms with van der Waals surface area (Å²) in [5.41, 5.74) is 1.79. The molecule has 0 heterocycles. The standard InChI is InChI=1S/C10H7ClO/c11-8-3-1-7(2-4-8)9-5-6-10(9)12/h1-5H,6H2. The van der Waals surface area contributed by atoms with Crippen molar-refractivity contribution >= 4 is 23.0 Å². The molecule has 1 aliphatic carbocycles. The third-order valence-corrected chi connectivity index (χ3v) is 2.20. The highest BCUT2D eigenvalue weighted by Crippen LogP contribution is 2.26. The Morgan fingerprint density at radius 2 is 1.83 bits per heavy atom. The number of allylic oxidation sites excluding steroid dienone is 2. The fourth-order valence-electron chi connectivity index (χ4n) is 1.20. The van der Waals surface area contributed by atoms with Gasteiger partial charge in [-0.05, 0) is 17.7 Å². The van der Waals surface area contributed by atoms with E-state index < -0.39 is 0 Å². The van der Waals surface area contributed by atoms with E-state index in [0.29, 0.717) is 11.4 Å². The second-order valence-electron chi connectivity index (χ2n) is 2.75. The molecule has 0 unspecified atom stereocenters. The van der Waals surface area contributed by atoms with Crippen LogP contribution in [-0.2, 0) is 4.79 Å². The number of ketones is 1. The van der Waals surface area contributed by atoms with Crippen molar-refractivity contribution in [3.63, 3.8) is 0 Å². The zero-order valence-electron chi connectivity index (χ0n) is 6.38. The zero-order chi connectivity index (χ0) is 8.55. The zero-order valence-corrected chi connectivity index (χ0v) is 7.14. The van der Waals surface area contributed by atoms with E-state index in [1.54, 1.807) is 12.1 Å². The van der Waals surface area contributed by atoms with Crippen LogP contribution in [0.2, 0.25) is 5.02 Å². The van der Waals surface area contributed by atoms with Gasteiger partial charge in [-0.1, -0.05) is 29.8 Å². The molecule has 0 saturated carbocycles. The number of hydrogen-bond donors (Lipinski definition) is 0. The van der Waals surface area contributed by atoms with Crippen LogP contribution in [0.15, 0.2) is 30.3 Å². The number of Topliss-reactive ketones (excluding diaryl/α,β-unsaturated/α-hetero) is 1. The summed E-state index contributed by atoms with van der Waals surface area (Å²) < 4.78 is 0. The first-order valence-electron chi connectivity index (χ1n) is 3.76. The average Bonchev–Trinajstić information content (AvgIpc) is 2.06. The maximum absolute atomic E-state index is 11.0. The lowest BCUT2D eigenvalue weighted by Gasteiger charge is -2.12. The lowest BCUT2D eigenvalue weighted by atomic mass is 9.91. The van der Waals surface area contributed by atoms with E-state index in [-0.39, 0.29) is 5.78 Å². The van der Waals surface area contributed by atoms with Gasteiger partial charge in [-0.25, -0.2) is 0 Å². The first kappa shape index (κ1) is 7.56. The molecular weight excluding hydrogens is 172 g/mol. The molecule has 2 heteroatoms. The second-order valence-corrected chi connectivity index (χ2v) is 3.19. The van der Waals surface area contributed by atoms with Gasteiger partial charge in [0.2, 0.25) is 0 Å². The molecule has 0 bridgehead atoms. The number of carbonyl (C=O) groups is 1. The quantitative estimate of drug-likeness (QED) is 0.646. The maximum Gasteiger partial charge on any atom is 0.166 e. The van der Waals surface area contributed by atoms with Gasteiger partial charge in [0.05, 0.1) is 0 Å². The van der Waals surface area contributed by atoms with Crippen LogP contribution in [0.25, 0.3) is 5.57 Å². The van der Waals surface area contributed by atoms with E-state index in [9.17, 15) is 4.79 Å². The topological polar surface area (TPSA) is 17.1 Å². The van der Waals surface area contributed by atoms with Gasteiger partial charge >= 0.3 is 0 Å². The van der Waals surface area contributed by atoms with Gasteiger partial charge in [0.15, 0.2) is 5.78 Å². The Morgan fingerprint density at radius 3 is 2.25 bits per heavy atom. The van der Waals surface area contributed by atoms with Crippen molar-refractivity contribution < 1.29 is 4.79 Å². The number of carbonyl (C=O) groups excluding carboxylic acids is 1. The van der Waals surface area contributed by atoms with Gasteiger partial charge in [-0.15, -0.1) is 0 Å². The van der Waals surface area contributed by atoms with E-state index in [0.717, 1.165) is 11.1 Å². The number of halogens is 1. The largest absolute Gasteiger partial charge is 0.294 e. The maximum atomic E-state index is 11.0. The predicted octanol–water partition coefficient (Wildman–Crippen LogP) is 2.70. The molecule has 0 aromatic heterocycles. The van der Waals surface area contributed by atoms with E-state index in [2.05, 4.69) is 0 Å². The lowest BCUT2D eigenvalue weighted by Crippen LogP contribution is -2.09. The summed E-state index contributed by atoms with van der Waals surface area (Å²) in [6, 6.07) is 7.32. The highest BCUT2D eigenvalue weighted by Gasteiger charge is 2.18. The van der Waals surface area contributed by atoms with Crippen LogP contribution in [0.5, 0.6) is 0 Å². The van der Waals surface area contributed by atoms with Crippen LogP contribution in [0.3, 0.4) is 0 Å². The molecule has 0 N–H and O–H groups in total. The monoisotopic (exact) mass is 178 g/mol. The van der Waals surface area contributed by atoms with Gasteiger partial charge in [-0.3, -0.25) is 4.79 Å². The average molecular weight is 179 g/mol. The minimum atomic E-state index is 0.220. The van der Waals surface area contributed by atoms with Gasteiger partial charge in [0.1, 0.15) is 0 Å². The second kappa shape index (κ2) is 2.76. The summed E-state index contributed by atoms with van der Waals surface area (Å²) in [5, 5.41) is 0.700. The molecule has 0 amide bonds. The van der Waals surface area contributed by atoms with E-state index >= 15 is 0 Å². The van der Waals surface area contributed by atoms with Gasteiger partial charge in [0, 0.05) is 17.0 Å². The molecule has 0 spiro atoms. The molecule has 0 fully saturated rings. The smallest absolute Gasteiger partial charge is 0.166 e. The van der Waals surface area contributed by atoms with Crippen LogP contribution in [0.4, 0.5) is 0 Å². The van der Waals surface area contributed by atoms with Crippen molar-refractivity contribution in [2.45, 2.75) is 6.42 Å². The fourth-order valence-corrected chi connectivity index (χ4v) is 1.32. The molecule has 12 heavy (non-hydrogen) atoms. The summed E-state index contributed by atoms with van der Waals surface area (Å²) in [5.74, 6) is 0.220. The first-order valence-corrected chi connectivity index (χ1v) is 4.14. The molecule has 0 aliphatic heterocycles. The summed E-state index contributed by atoms with van der Waals surface area (Å²) >= 11 is 5.71. The molecule has 1 nitrogen and oxygen atoms in total. The molecule has 1 aromatic rings. The predicted molar refractivity (Wildman–Crippen MR) is 49.1 cm³/mol. The Balaban J connectivity index is 2.36. The molecule has 0 atom stereocenters. The highest BCUT2D eigenvalue weighted by molar-refractivity contribution is 6.31. The van der Waals surface area contributed by atoms with E-state index in [4.69, 9.17) is 11.6 Å². The van der Waals surface area contributed by atoms with Crippen molar-refractivity contribution in [3.8, 4) is 0 Å². The van der Waals surface area contributed by atoms with Crippen molar-refractivity contribution in [2.24, 2.45) is 0 Å². The summed E-state index contributed by atoms with van der Waals surface area (Å²) in [6.07, 6.45) is 2.52. The Labute approximate surface area is 75.7 Å². The van der Waals surface area contributed by atoms with Gasteiger partial charge < -0.3 is 0 Å². The van der Waals surface area contributed by atoms with Gasteiger partial charge in [-0.2, -0.15) is 0 Å². The van der Waals surface area contributed by atoms with E-state index in [1.807, 2.05) is 18.2 Å². The number of rotatable bonds is 1. The molecule has 1 aliphatic rings. The van der Waals surface area contributed by atoms with Crippen molar-refractivity contribution in [3.05, 3.63) is 40.9 Å². The first-order chi connectivity index (χ1) is 5.77. The highest BCUT2D eigenvalue weighted by atomic mass is 35.5. The van der Waals surface area contributed by atoms with Crippen molar-refractivity contribution in [1.29, 1.82) is 0 Å². The third kappa shape index (κ3) is 1.16. The Morgan fingerprint density at radius 1 is 1.17 bits per heavy atom. The van der Waals surface area contributed by atoms with Gasteiger partial charge in [0.25, 0.3) is 0 Å². The molecule has 0 saturated heterocycles. The third-order valence-electron chi connectivity index (χ3n) is 1.95. The summed E-state index contributed by atoms with van der Waals surface area (Å²) in [4.78, 5) is 11.0. The van der Waals surface area contributed by atoms with Crippen molar-refractivity contribution in [1.82, 2.24) is 0 Å². The number of benzene rings is 1. The minimum Gasteiger partial charge on any atom is -0.294 e. The molecule has 2 rings (SSSR count).